The first kappa shape index (κ1) is 57.6. The normalized spacial score (nSPS) is 12.8. The smallest absolute Gasteiger partial charge is 0.306 e. The SMILES string of the molecule is CC/C=C/C=C/C=C/CCCCCCCC(=O)OCC(COC(=O)CCCCCCCC/C=C/C=C/CCCCC)OC(=O)CCCCCCCC/C=C/C=C/CCCCC. The Hall–Kier alpha value is -3.41. The highest BCUT2D eigenvalue weighted by molar-refractivity contribution is 5.71. The van der Waals surface area contributed by atoms with Crippen LogP contribution in [0.25, 0.3) is 0 Å². The number of esters is 3. The topological polar surface area (TPSA) is 78.9 Å². The van der Waals surface area contributed by atoms with Crippen molar-refractivity contribution in [1.82, 2.24) is 0 Å². The molecule has 61 heavy (non-hydrogen) atoms. The maximum absolute atomic E-state index is 12.8. The lowest BCUT2D eigenvalue weighted by Gasteiger charge is -2.18. The van der Waals surface area contributed by atoms with Crippen molar-refractivity contribution in [1.29, 1.82) is 0 Å². The molecular weight excluding hydrogens is 757 g/mol. The van der Waals surface area contributed by atoms with Crippen LogP contribution in [0.15, 0.2) is 85.1 Å². The zero-order valence-corrected chi connectivity index (χ0v) is 39.7. The number of allylic oxidation sites excluding steroid dienone is 14. The van der Waals surface area contributed by atoms with Gasteiger partial charge in [0.15, 0.2) is 6.10 Å². The molecule has 0 aliphatic carbocycles. The molecule has 348 valence electrons. The standard InChI is InChI=1S/C55H92O6/c1-4-7-10-13-16-19-22-25-27-30-33-36-39-42-45-48-54(57)60-51-52(50-59-53(56)47-44-41-38-35-32-29-24-21-18-15-12-9-6-3)61-55(58)49-46-43-40-37-34-31-28-26-23-20-17-14-11-8-5-2/h9,12,15-26,52H,4-8,10-11,13-14,27-51H2,1-3H3/b12-9+,18-15+,19-16+,20-17+,24-21+,25-22+,26-23+. The number of rotatable bonds is 44. The van der Waals surface area contributed by atoms with Gasteiger partial charge in [0.1, 0.15) is 13.2 Å². The number of unbranched alkanes of at least 4 members (excludes halogenated alkanes) is 23. The fourth-order valence-corrected chi connectivity index (χ4v) is 6.66. The molecule has 0 aliphatic heterocycles. The maximum atomic E-state index is 12.8. The van der Waals surface area contributed by atoms with Gasteiger partial charge < -0.3 is 14.2 Å². The van der Waals surface area contributed by atoms with E-state index in [0.29, 0.717) is 19.3 Å². The second-order valence-corrected chi connectivity index (χ2v) is 16.5. The molecule has 0 aromatic rings. The number of carbonyl (C=O) groups is 3. The minimum atomic E-state index is -0.796. The molecule has 6 heteroatoms. The zero-order valence-electron chi connectivity index (χ0n) is 39.7. The van der Waals surface area contributed by atoms with Crippen LogP contribution < -0.4 is 0 Å². The molecule has 0 aliphatic rings. The van der Waals surface area contributed by atoms with Crippen LogP contribution in [0.1, 0.15) is 226 Å². The van der Waals surface area contributed by atoms with E-state index in [9.17, 15) is 14.4 Å². The number of ether oxygens (including phenoxy) is 3. The molecule has 0 heterocycles. The van der Waals surface area contributed by atoms with E-state index in [1.165, 1.54) is 83.5 Å². The number of hydrogen-bond acceptors (Lipinski definition) is 6. The van der Waals surface area contributed by atoms with Crippen LogP contribution in [0, 0.1) is 0 Å². The van der Waals surface area contributed by atoms with E-state index in [4.69, 9.17) is 14.2 Å². The third-order valence-corrected chi connectivity index (χ3v) is 10.5. The van der Waals surface area contributed by atoms with Gasteiger partial charge in [0.05, 0.1) is 0 Å². The Labute approximate surface area is 375 Å². The first-order valence-corrected chi connectivity index (χ1v) is 25.2. The average molecular weight is 849 g/mol. The molecular formula is C55H92O6. The van der Waals surface area contributed by atoms with E-state index in [1.54, 1.807) is 0 Å². The second kappa shape index (κ2) is 49.2. The van der Waals surface area contributed by atoms with Gasteiger partial charge in [0, 0.05) is 19.3 Å². The van der Waals surface area contributed by atoms with E-state index in [1.807, 2.05) is 0 Å². The maximum Gasteiger partial charge on any atom is 0.306 e. The van der Waals surface area contributed by atoms with Crippen molar-refractivity contribution in [3.8, 4) is 0 Å². The van der Waals surface area contributed by atoms with Crippen LogP contribution in [-0.2, 0) is 28.6 Å². The van der Waals surface area contributed by atoms with Gasteiger partial charge in [-0.05, 0) is 89.9 Å². The van der Waals surface area contributed by atoms with Crippen molar-refractivity contribution < 1.29 is 28.6 Å². The van der Waals surface area contributed by atoms with E-state index in [2.05, 4.69) is 106 Å². The Balaban J connectivity index is 4.46. The Bertz CT molecular complexity index is 1200. The van der Waals surface area contributed by atoms with E-state index in [-0.39, 0.29) is 31.1 Å². The molecule has 0 aromatic heterocycles. The van der Waals surface area contributed by atoms with Crippen LogP contribution in [0.3, 0.4) is 0 Å². The third kappa shape index (κ3) is 47.5. The van der Waals surface area contributed by atoms with Crippen molar-refractivity contribution in [3.05, 3.63) is 85.1 Å². The van der Waals surface area contributed by atoms with Gasteiger partial charge >= 0.3 is 17.9 Å². The molecule has 0 radical (unpaired) electrons. The lowest BCUT2D eigenvalue weighted by molar-refractivity contribution is -0.167. The van der Waals surface area contributed by atoms with E-state index in [0.717, 1.165) is 103 Å². The molecule has 0 saturated heterocycles. The molecule has 0 bridgehead atoms. The lowest BCUT2D eigenvalue weighted by atomic mass is 10.1. The number of hydrogen-bond donors (Lipinski definition) is 0. The third-order valence-electron chi connectivity index (χ3n) is 10.5. The summed E-state index contributed by atoms with van der Waals surface area (Å²) in [5.74, 6) is -0.941. The van der Waals surface area contributed by atoms with Gasteiger partial charge in [-0.15, -0.1) is 0 Å². The molecule has 0 rings (SSSR count). The summed E-state index contributed by atoms with van der Waals surface area (Å²) in [4.78, 5) is 37.9. The van der Waals surface area contributed by atoms with Crippen LogP contribution in [0.5, 0.6) is 0 Å². The predicted octanol–water partition coefficient (Wildman–Crippen LogP) is 16.4. The van der Waals surface area contributed by atoms with Crippen LogP contribution in [0.4, 0.5) is 0 Å². The fraction of sp³-hybridized carbons (Fsp3) is 0.691. The Morgan fingerprint density at radius 3 is 1.00 bits per heavy atom. The molecule has 6 nitrogen and oxygen atoms in total. The average Bonchev–Trinajstić information content (AvgIpc) is 3.26. The molecule has 0 N–H and O–H groups in total. The van der Waals surface area contributed by atoms with Crippen LogP contribution in [0.2, 0.25) is 0 Å². The Morgan fingerprint density at radius 1 is 0.344 bits per heavy atom. The van der Waals surface area contributed by atoms with Gasteiger partial charge in [-0.2, -0.15) is 0 Å². The zero-order chi connectivity index (χ0) is 44.4. The van der Waals surface area contributed by atoms with Gasteiger partial charge in [0.2, 0.25) is 0 Å². The lowest BCUT2D eigenvalue weighted by Crippen LogP contribution is -2.30. The van der Waals surface area contributed by atoms with Crippen molar-refractivity contribution in [2.24, 2.45) is 0 Å². The summed E-state index contributed by atoms with van der Waals surface area (Å²) in [5.41, 5.74) is 0. The summed E-state index contributed by atoms with van der Waals surface area (Å²) < 4.78 is 16.7. The largest absolute Gasteiger partial charge is 0.462 e. The minimum Gasteiger partial charge on any atom is -0.462 e. The summed E-state index contributed by atoms with van der Waals surface area (Å²) in [7, 11) is 0. The fourth-order valence-electron chi connectivity index (χ4n) is 6.66. The molecule has 1 atom stereocenters. The molecule has 1 unspecified atom stereocenters. The van der Waals surface area contributed by atoms with Crippen molar-refractivity contribution >= 4 is 17.9 Å². The molecule has 0 aromatic carbocycles. The number of carbonyl (C=O) groups excluding carboxylic acids is 3. The summed E-state index contributed by atoms with van der Waals surface area (Å²) in [6, 6.07) is 0. The van der Waals surface area contributed by atoms with Gasteiger partial charge in [-0.25, -0.2) is 0 Å². The van der Waals surface area contributed by atoms with Gasteiger partial charge in [0.25, 0.3) is 0 Å². The van der Waals surface area contributed by atoms with E-state index < -0.39 is 6.10 Å². The van der Waals surface area contributed by atoms with E-state index >= 15 is 0 Å². The van der Waals surface area contributed by atoms with Crippen LogP contribution >= 0.6 is 0 Å². The highest BCUT2D eigenvalue weighted by Crippen LogP contribution is 2.13. The quantitative estimate of drug-likeness (QED) is 0.0263. The van der Waals surface area contributed by atoms with Crippen molar-refractivity contribution in [2.75, 3.05) is 13.2 Å². The van der Waals surface area contributed by atoms with Crippen LogP contribution in [-0.4, -0.2) is 37.2 Å². The molecule has 0 saturated carbocycles. The highest BCUT2D eigenvalue weighted by atomic mass is 16.6. The second-order valence-electron chi connectivity index (χ2n) is 16.5. The molecule has 0 amide bonds. The summed E-state index contributed by atoms with van der Waals surface area (Å²) in [6.45, 7) is 6.40. The molecule has 0 spiro atoms. The predicted molar refractivity (Wildman–Crippen MR) is 261 cm³/mol. The monoisotopic (exact) mass is 849 g/mol. The summed E-state index contributed by atoms with van der Waals surface area (Å²) >= 11 is 0. The highest BCUT2D eigenvalue weighted by Gasteiger charge is 2.19. The summed E-state index contributed by atoms with van der Waals surface area (Å²) in [5, 5.41) is 0. The van der Waals surface area contributed by atoms with Gasteiger partial charge in [-0.3, -0.25) is 14.4 Å². The Kier molecular flexibility index (Phi) is 46.5. The minimum absolute atomic E-state index is 0.0952. The summed E-state index contributed by atoms with van der Waals surface area (Å²) in [6.07, 6.45) is 62.7. The van der Waals surface area contributed by atoms with Crippen molar-refractivity contribution in [2.45, 2.75) is 232 Å². The van der Waals surface area contributed by atoms with Gasteiger partial charge in [-0.1, -0.05) is 202 Å². The molecule has 0 fully saturated rings. The first-order valence-electron chi connectivity index (χ1n) is 25.2. The first-order chi connectivity index (χ1) is 30.0. The van der Waals surface area contributed by atoms with Crippen molar-refractivity contribution in [3.63, 3.8) is 0 Å². The Morgan fingerprint density at radius 2 is 0.639 bits per heavy atom.